The van der Waals surface area contributed by atoms with E-state index in [1.807, 2.05) is 0 Å². The molecule has 2 rings (SSSR count). The third-order valence-corrected chi connectivity index (χ3v) is 2.39. The Morgan fingerprint density at radius 2 is 2.44 bits per heavy atom. The minimum Gasteiger partial charge on any atom is -0.394 e. The van der Waals surface area contributed by atoms with Crippen molar-refractivity contribution in [2.24, 2.45) is 0 Å². The van der Waals surface area contributed by atoms with Gasteiger partial charge in [-0.15, -0.1) is 0 Å². The lowest BCUT2D eigenvalue weighted by Crippen LogP contribution is -2.32. The molecule has 88 valence electrons. The summed E-state index contributed by atoms with van der Waals surface area (Å²) in [6.45, 7) is -0.210. The van der Waals surface area contributed by atoms with Crippen LogP contribution in [0.2, 0.25) is 0 Å². The normalized spacial score (nSPS) is 29.5. The van der Waals surface area contributed by atoms with Crippen LogP contribution >= 0.6 is 0 Å². The molecule has 1 saturated heterocycles. The summed E-state index contributed by atoms with van der Waals surface area (Å²) in [5.41, 5.74) is 4.59. The number of aliphatic hydroxyl groups excluding tert-OH is 2. The quantitative estimate of drug-likeness (QED) is 0.527. The molecule has 0 aromatic carbocycles. The molecular weight excluding hydrogens is 216 g/mol. The first-order valence-corrected chi connectivity index (χ1v) is 4.77. The number of hydrogen-bond donors (Lipinski definition) is 3. The highest BCUT2D eigenvalue weighted by Gasteiger charge is 2.35. The van der Waals surface area contributed by atoms with E-state index in [2.05, 4.69) is 9.97 Å². The largest absolute Gasteiger partial charge is 0.394 e. The van der Waals surface area contributed by atoms with Crippen molar-refractivity contribution in [1.29, 1.82) is 0 Å². The third kappa shape index (κ3) is 1.90. The minimum atomic E-state index is -0.873. The summed E-state index contributed by atoms with van der Waals surface area (Å²) in [7, 11) is 0. The molecule has 0 aliphatic carbocycles. The molecule has 0 amide bonds. The Labute approximate surface area is 90.3 Å². The first-order valence-electron chi connectivity index (χ1n) is 4.77. The average Bonchev–Trinajstić information content (AvgIpc) is 2.60. The van der Waals surface area contributed by atoms with Crippen LogP contribution in [-0.4, -0.2) is 43.6 Å². The third-order valence-electron chi connectivity index (χ3n) is 2.39. The average molecular weight is 228 g/mol. The second kappa shape index (κ2) is 4.16. The zero-order valence-corrected chi connectivity index (χ0v) is 8.35. The lowest BCUT2D eigenvalue weighted by atomic mass is 10.2. The van der Waals surface area contributed by atoms with E-state index in [-0.39, 0.29) is 19.0 Å². The summed E-state index contributed by atoms with van der Waals surface area (Å²) in [4.78, 5) is 18.5. The maximum atomic E-state index is 11.4. The smallest absolute Gasteiger partial charge is 0.354 e. The Morgan fingerprint density at radius 1 is 1.69 bits per heavy atom. The number of hydrogen-bond acceptors (Lipinski definition) is 7. The van der Waals surface area contributed by atoms with Crippen molar-refractivity contribution in [1.82, 2.24) is 14.5 Å². The van der Waals surface area contributed by atoms with Gasteiger partial charge in [-0.2, -0.15) is 4.98 Å². The van der Waals surface area contributed by atoms with Crippen LogP contribution in [0.15, 0.2) is 11.1 Å². The molecule has 0 spiro atoms. The monoisotopic (exact) mass is 228 g/mol. The lowest BCUT2D eigenvalue weighted by Gasteiger charge is -2.16. The van der Waals surface area contributed by atoms with Crippen molar-refractivity contribution in [2.75, 3.05) is 12.3 Å². The number of anilines is 1. The van der Waals surface area contributed by atoms with Gasteiger partial charge in [0.05, 0.1) is 12.7 Å². The van der Waals surface area contributed by atoms with E-state index >= 15 is 0 Å². The van der Waals surface area contributed by atoms with Crippen molar-refractivity contribution in [3.63, 3.8) is 0 Å². The fourth-order valence-electron chi connectivity index (χ4n) is 1.63. The Bertz CT molecular complexity index is 434. The van der Waals surface area contributed by atoms with Gasteiger partial charge in [0, 0.05) is 6.42 Å². The fourth-order valence-corrected chi connectivity index (χ4v) is 1.63. The maximum absolute atomic E-state index is 11.4. The Morgan fingerprint density at radius 3 is 3.00 bits per heavy atom. The van der Waals surface area contributed by atoms with Gasteiger partial charge in [-0.1, -0.05) is 0 Å². The molecule has 8 nitrogen and oxygen atoms in total. The molecule has 1 aromatic rings. The number of nitrogen functional groups attached to an aromatic ring is 1. The van der Waals surface area contributed by atoms with E-state index in [4.69, 9.17) is 15.6 Å². The van der Waals surface area contributed by atoms with E-state index in [9.17, 15) is 9.90 Å². The molecule has 1 aromatic heterocycles. The van der Waals surface area contributed by atoms with Crippen molar-refractivity contribution >= 4 is 5.95 Å². The molecule has 0 bridgehead atoms. The summed E-state index contributed by atoms with van der Waals surface area (Å²) < 4.78 is 6.32. The standard InChI is InChI=1S/C8H12N4O4/c9-7-10-3-12(8(15)11-7)6-5(14)1-4(2-13)16-6/h3-6,13-14H,1-2H2,(H2,9,11,15)/t4-,5?,6+/m0/s1. The van der Waals surface area contributed by atoms with E-state index in [0.29, 0.717) is 0 Å². The number of rotatable bonds is 2. The highest BCUT2D eigenvalue weighted by atomic mass is 16.5. The van der Waals surface area contributed by atoms with Gasteiger partial charge in [-0.3, -0.25) is 4.57 Å². The molecule has 16 heavy (non-hydrogen) atoms. The molecule has 0 radical (unpaired) electrons. The van der Waals surface area contributed by atoms with Crippen molar-refractivity contribution in [3.8, 4) is 0 Å². The van der Waals surface area contributed by atoms with Crippen molar-refractivity contribution < 1.29 is 14.9 Å². The maximum Gasteiger partial charge on any atom is 0.354 e. The van der Waals surface area contributed by atoms with Gasteiger partial charge in [0.15, 0.2) is 6.23 Å². The van der Waals surface area contributed by atoms with Crippen LogP contribution < -0.4 is 11.4 Å². The number of nitrogens with zero attached hydrogens (tertiary/aromatic N) is 3. The van der Waals surface area contributed by atoms with Crippen LogP contribution in [0.3, 0.4) is 0 Å². The molecule has 1 unspecified atom stereocenters. The highest BCUT2D eigenvalue weighted by Crippen LogP contribution is 2.26. The van der Waals surface area contributed by atoms with Crippen LogP contribution in [0.4, 0.5) is 5.95 Å². The first-order chi connectivity index (χ1) is 7.61. The van der Waals surface area contributed by atoms with Gasteiger partial charge in [-0.05, 0) is 0 Å². The second-order valence-corrected chi connectivity index (χ2v) is 3.54. The van der Waals surface area contributed by atoms with Crippen molar-refractivity contribution in [3.05, 3.63) is 16.8 Å². The predicted octanol–water partition coefficient (Wildman–Crippen LogP) is -2.14. The molecule has 1 fully saturated rings. The molecule has 1 aliphatic heterocycles. The SMILES string of the molecule is Nc1ncn([C@@H]2O[C@H](CO)CC2O)c(=O)n1. The molecular formula is C8H12N4O4. The van der Waals surface area contributed by atoms with Crippen LogP contribution in [0.5, 0.6) is 0 Å². The second-order valence-electron chi connectivity index (χ2n) is 3.54. The van der Waals surface area contributed by atoms with Gasteiger partial charge in [-0.25, -0.2) is 9.78 Å². The highest BCUT2D eigenvalue weighted by molar-refractivity contribution is 5.09. The molecule has 2 heterocycles. The Kier molecular flexibility index (Phi) is 2.86. The lowest BCUT2D eigenvalue weighted by molar-refractivity contribution is -0.0535. The van der Waals surface area contributed by atoms with Crippen LogP contribution in [0.1, 0.15) is 12.6 Å². The minimum absolute atomic E-state index is 0.132. The Balaban J connectivity index is 2.28. The predicted molar refractivity (Wildman–Crippen MR) is 52.3 cm³/mol. The zero-order valence-electron chi connectivity index (χ0n) is 8.35. The van der Waals surface area contributed by atoms with Crippen molar-refractivity contribution in [2.45, 2.75) is 24.9 Å². The summed E-state index contributed by atoms with van der Waals surface area (Å²) in [5.74, 6) is -0.132. The summed E-state index contributed by atoms with van der Waals surface area (Å²) >= 11 is 0. The first kappa shape index (κ1) is 11.0. The summed E-state index contributed by atoms with van der Waals surface area (Å²) in [5, 5.41) is 18.5. The van der Waals surface area contributed by atoms with Gasteiger partial charge in [0.25, 0.3) is 0 Å². The topological polar surface area (TPSA) is 123 Å². The number of nitrogens with two attached hydrogens (primary N) is 1. The van der Waals surface area contributed by atoms with Gasteiger partial charge in [0.1, 0.15) is 12.4 Å². The zero-order chi connectivity index (χ0) is 11.7. The van der Waals surface area contributed by atoms with Crippen LogP contribution in [0, 0.1) is 0 Å². The molecule has 4 N–H and O–H groups in total. The molecule has 3 atom stereocenters. The fraction of sp³-hybridized carbons (Fsp3) is 0.625. The molecule has 8 heteroatoms. The van der Waals surface area contributed by atoms with Gasteiger partial charge < -0.3 is 20.7 Å². The Hall–Kier alpha value is -1.51. The number of aromatic nitrogens is 3. The molecule has 1 aliphatic rings. The summed E-state index contributed by atoms with van der Waals surface area (Å²) in [6, 6.07) is 0. The van der Waals surface area contributed by atoms with E-state index in [0.717, 1.165) is 10.9 Å². The van der Waals surface area contributed by atoms with E-state index in [1.165, 1.54) is 0 Å². The molecule has 0 saturated carbocycles. The van der Waals surface area contributed by atoms with Crippen LogP contribution in [-0.2, 0) is 4.74 Å². The summed E-state index contributed by atoms with van der Waals surface area (Å²) in [6.07, 6.45) is -0.798. The van der Waals surface area contributed by atoms with Gasteiger partial charge >= 0.3 is 5.69 Å². The van der Waals surface area contributed by atoms with E-state index in [1.54, 1.807) is 0 Å². The van der Waals surface area contributed by atoms with Crippen LogP contribution in [0.25, 0.3) is 0 Å². The number of ether oxygens (including phenoxy) is 1. The van der Waals surface area contributed by atoms with Gasteiger partial charge in [0.2, 0.25) is 5.95 Å². The number of aliphatic hydroxyl groups is 2. The van der Waals surface area contributed by atoms with E-state index < -0.39 is 24.1 Å².